The van der Waals surface area contributed by atoms with Gasteiger partial charge in [-0.25, -0.2) is 9.59 Å². The van der Waals surface area contributed by atoms with Gasteiger partial charge in [-0.05, 0) is 36.6 Å². The maximum atomic E-state index is 13.5. The average molecular weight is 583 g/mol. The second kappa shape index (κ2) is 13.3. The van der Waals surface area contributed by atoms with Gasteiger partial charge in [0.25, 0.3) is 0 Å². The van der Waals surface area contributed by atoms with Crippen molar-refractivity contribution in [2.24, 2.45) is 0 Å². The topological polar surface area (TPSA) is 141 Å². The van der Waals surface area contributed by atoms with E-state index in [-0.39, 0.29) is 49.0 Å². The second-order valence-corrected chi connectivity index (χ2v) is 9.53. The Morgan fingerprint density at radius 3 is 2.71 bits per heavy atom. The van der Waals surface area contributed by atoms with Crippen molar-refractivity contribution >= 4 is 29.8 Å². The molecule has 1 aromatic rings. The smallest absolute Gasteiger partial charge is 0.422 e. The molecule has 11 nitrogen and oxygen atoms in total. The SMILES string of the molecule is O=C(C=Cc1ccccc1C(=O)O[C@@H]1CC(C(=O)N2CCC[C@@H]2C(=O)NCCO)=C[C@H]2OCO[C@H]21)OCC(F)(F)F. The van der Waals surface area contributed by atoms with Gasteiger partial charge >= 0.3 is 18.1 Å². The van der Waals surface area contributed by atoms with Crippen LogP contribution in [0.2, 0.25) is 0 Å². The molecular formula is C27H29F3N2O9. The minimum atomic E-state index is -4.67. The van der Waals surface area contributed by atoms with Gasteiger partial charge in [-0.2, -0.15) is 13.2 Å². The Labute approximate surface area is 232 Å². The van der Waals surface area contributed by atoms with E-state index in [4.69, 9.17) is 19.3 Å². The van der Waals surface area contributed by atoms with E-state index in [9.17, 15) is 32.3 Å². The number of esters is 2. The summed E-state index contributed by atoms with van der Waals surface area (Å²) in [5.74, 6) is -2.82. The molecule has 0 bridgehead atoms. The van der Waals surface area contributed by atoms with Gasteiger partial charge in [0, 0.05) is 31.2 Å². The molecule has 1 aliphatic carbocycles. The fourth-order valence-electron chi connectivity index (χ4n) is 4.87. The molecule has 2 amide bonds. The number of nitrogens with one attached hydrogen (secondary N) is 1. The number of carbonyl (C=O) groups excluding carboxylic acids is 4. The van der Waals surface area contributed by atoms with Crippen LogP contribution in [0, 0.1) is 0 Å². The molecule has 2 N–H and O–H groups in total. The molecule has 2 saturated heterocycles. The van der Waals surface area contributed by atoms with Crippen LogP contribution in [-0.4, -0.2) is 97.4 Å². The molecule has 222 valence electrons. The van der Waals surface area contributed by atoms with Crippen LogP contribution in [0.1, 0.15) is 35.2 Å². The Bertz CT molecular complexity index is 1220. The maximum absolute atomic E-state index is 13.5. The summed E-state index contributed by atoms with van der Waals surface area (Å²) >= 11 is 0. The number of halogens is 3. The van der Waals surface area contributed by atoms with Crippen molar-refractivity contribution in [1.29, 1.82) is 0 Å². The summed E-state index contributed by atoms with van der Waals surface area (Å²) in [6, 6.07) is 5.28. The van der Waals surface area contributed by atoms with Crippen LogP contribution in [0.5, 0.6) is 0 Å². The Balaban J connectivity index is 1.46. The molecule has 1 aromatic carbocycles. The van der Waals surface area contributed by atoms with Gasteiger partial charge < -0.3 is 34.3 Å². The fourth-order valence-corrected chi connectivity index (χ4v) is 4.87. The van der Waals surface area contributed by atoms with Crippen molar-refractivity contribution in [3.05, 3.63) is 53.1 Å². The first kappa shape index (κ1) is 30.2. The number of nitrogens with zero attached hydrogens (tertiary/aromatic N) is 1. The molecule has 4 rings (SSSR count). The number of hydrogen-bond donors (Lipinski definition) is 2. The number of aliphatic hydroxyl groups excluding tert-OH is 1. The van der Waals surface area contributed by atoms with Gasteiger partial charge in [-0.3, -0.25) is 9.59 Å². The number of amides is 2. The molecule has 2 fully saturated rings. The van der Waals surface area contributed by atoms with E-state index >= 15 is 0 Å². The molecule has 0 saturated carbocycles. The molecular weight excluding hydrogens is 553 g/mol. The number of hydrogen-bond acceptors (Lipinski definition) is 9. The van der Waals surface area contributed by atoms with Gasteiger partial charge in [0.05, 0.1) is 12.2 Å². The number of carbonyl (C=O) groups is 4. The molecule has 2 heterocycles. The van der Waals surface area contributed by atoms with Crippen molar-refractivity contribution in [2.45, 2.75) is 49.8 Å². The fraction of sp³-hybridized carbons (Fsp3) is 0.481. The Hall–Kier alpha value is -3.75. The molecule has 0 unspecified atom stereocenters. The molecule has 0 radical (unpaired) electrons. The summed E-state index contributed by atoms with van der Waals surface area (Å²) in [5, 5.41) is 11.6. The normalized spacial score (nSPS) is 24.1. The van der Waals surface area contributed by atoms with Crippen LogP contribution in [0.3, 0.4) is 0 Å². The number of fused-ring (bicyclic) bond motifs is 1. The number of rotatable bonds is 9. The number of alkyl halides is 3. The molecule has 0 spiro atoms. The lowest BCUT2D eigenvalue weighted by molar-refractivity contribution is -0.182. The minimum absolute atomic E-state index is 0.0155. The van der Waals surface area contributed by atoms with Crippen molar-refractivity contribution in [1.82, 2.24) is 10.2 Å². The zero-order valence-corrected chi connectivity index (χ0v) is 21.8. The summed E-state index contributed by atoms with van der Waals surface area (Å²) in [4.78, 5) is 52.3. The van der Waals surface area contributed by atoms with Crippen molar-refractivity contribution in [3.8, 4) is 0 Å². The summed E-state index contributed by atoms with van der Waals surface area (Å²) in [6.07, 6.45) is -2.40. The first-order valence-electron chi connectivity index (χ1n) is 12.9. The van der Waals surface area contributed by atoms with Crippen molar-refractivity contribution in [2.75, 3.05) is 33.1 Å². The van der Waals surface area contributed by atoms with E-state index in [0.717, 1.165) is 12.2 Å². The Kier molecular flexibility index (Phi) is 9.78. The number of likely N-dealkylation sites (tertiary alicyclic amines) is 1. The van der Waals surface area contributed by atoms with E-state index in [2.05, 4.69) is 10.1 Å². The molecule has 2 aliphatic heterocycles. The summed E-state index contributed by atoms with van der Waals surface area (Å²) < 4.78 is 57.9. The lowest BCUT2D eigenvalue weighted by Gasteiger charge is -2.32. The Morgan fingerprint density at radius 2 is 1.95 bits per heavy atom. The highest BCUT2D eigenvalue weighted by Gasteiger charge is 2.44. The lowest BCUT2D eigenvalue weighted by atomic mass is 9.91. The average Bonchev–Trinajstić information content (AvgIpc) is 3.63. The lowest BCUT2D eigenvalue weighted by Crippen LogP contribution is -2.49. The highest BCUT2D eigenvalue weighted by molar-refractivity contribution is 5.98. The summed E-state index contributed by atoms with van der Waals surface area (Å²) in [6.45, 7) is -1.64. The molecule has 0 aromatic heterocycles. The summed E-state index contributed by atoms with van der Waals surface area (Å²) in [7, 11) is 0. The third-order valence-corrected chi connectivity index (χ3v) is 6.72. The number of benzene rings is 1. The highest BCUT2D eigenvalue weighted by Crippen LogP contribution is 2.33. The predicted molar refractivity (Wildman–Crippen MR) is 134 cm³/mol. The predicted octanol–water partition coefficient (Wildman–Crippen LogP) is 1.50. The first-order valence-corrected chi connectivity index (χ1v) is 12.9. The van der Waals surface area contributed by atoms with Gasteiger partial charge in [-0.1, -0.05) is 18.2 Å². The van der Waals surface area contributed by atoms with Crippen LogP contribution in [0.4, 0.5) is 13.2 Å². The van der Waals surface area contributed by atoms with Gasteiger partial charge in [0.2, 0.25) is 11.8 Å². The van der Waals surface area contributed by atoms with Crippen LogP contribution in [0.25, 0.3) is 6.08 Å². The summed E-state index contributed by atoms with van der Waals surface area (Å²) in [5.41, 5.74) is 0.500. The Morgan fingerprint density at radius 1 is 1.17 bits per heavy atom. The van der Waals surface area contributed by atoms with Crippen molar-refractivity contribution < 1.29 is 56.4 Å². The molecule has 3 aliphatic rings. The van der Waals surface area contributed by atoms with E-state index < -0.39 is 55.0 Å². The monoisotopic (exact) mass is 582 g/mol. The highest BCUT2D eigenvalue weighted by atomic mass is 19.4. The molecule has 41 heavy (non-hydrogen) atoms. The van der Waals surface area contributed by atoms with Crippen molar-refractivity contribution in [3.63, 3.8) is 0 Å². The van der Waals surface area contributed by atoms with E-state index in [1.807, 2.05) is 0 Å². The first-order chi connectivity index (χ1) is 19.6. The van der Waals surface area contributed by atoms with Gasteiger partial charge in [0.1, 0.15) is 31.1 Å². The van der Waals surface area contributed by atoms with Crippen LogP contribution in [0.15, 0.2) is 42.0 Å². The van der Waals surface area contributed by atoms with E-state index in [1.165, 1.54) is 17.0 Å². The van der Waals surface area contributed by atoms with E-state index in [1.54, 1.807) is 18.2 Å². The van der Waals surface area contributed by atoms with Gasteiger partial charge in [0.15, 0.2) is 6.61 Å². The molecule has 4 atom stereocenters. The zero-order valence-electron chi connectivity index (χ0n) is 21.8. The second-order valence-electron chi connectivity index (χ2n) is 9.53. The standard InChI is InChI=1S/C27H29F3N2O9/c28-27(29,30)14-38-22(34)8-7-16-4-1-2-5-18(16)26(37)41-21-13-17(12-20-23(21)40-15-39-20)25(36)32-10-3-6-19(32)24(35)31-9-11-33/h1-2,4-5,7-8,12,19-21,23,33H,3,6,9-11,13-15H2,(H,31,35)/t19-,20-,21-,23-/m1/s1. The van der Waals surface area contributed by atoms with Crippen LogP contribution < -0.4 is 5.32 Å². The number of aliphatic hydroxyl groups is 1. The largest absolute Gasteiger partial charge is 0.456 e. The quantitative estimate of drug-likeness (QED) is 0.327. The van der Waals surface area contributed by atoms with E-state index in [0.29, 0.717) is 19.4 Å². The maximum Gasteiger partial charge on any atom is 0.422 e. The molecule has 14 heteroatoms. The minimum Gasteiger partial charge on any atom is -0.456 e. The van der Waals surface area contributed by atoms with Crippen LogP contribution >= 0.6 is 0 Å². The number of ether oxygens (including phenoxy) is 4. The van der Waals surface area contributed by atoms with Gasteiger partial charge in [-0.15, -0.1) is 0 Å². The zero-order chi connectivity index (χ0) is 29.6. The third-order valence-electron chi connectivity index (χ3n) is 6.72. The van der Waals surface area contributed by atoms with Crippen LogP contribution in [-0.2, 0) is 33.3 Å². The third kappa shape index (κ3) is 7.71.